The van der Waals surface area contributed by atoms with E-state index in [0.29, 0.717) is 51.9 Å². The van der Waals surface area contributed by atoms with Gasteiger partial charge in [-0.05, 0) is 31.0 Å². The van der Waals surface area contributed by atoms with E-state index in [1.165, 1.54) is 22.3 Å². The molecule has 0 aliphatic carbocycles. The number of halogens is 2. The minimum absolute atomic E-state index is 0.283. The Morgan fingerprint density at radius 3 is 2.61 bits per heavy atom. The van der Waals surface area contributed by atoms with Crippen molar-refractivity contribution >= 4 is 62.0 Å². The summed E-state index contributed by atoms with van der Waals surface area (Å²) in [4.78, 5) is 22.0. The van der Waals surface area contributed by atoms with Crippen molar-refractivity contribution in [3.63, 3.8) is 0 Å². The molecule has 0 radical (unpaired) electrons. The van der Waals surface area contributed by atoms with Crippen molar-refractivity contribution in [2.75, 3.05) is 25.5 Å². The minimum atomic E-state index is -3.50. The highest BCUT2D eigenvalue weighted by Crippen LogP contribution is 2.45. The van der Waals surface area contributed by atoms with Crippen LogP contribution in [0.5, 0.6) is 11.5 Å². The van der Waals surface area contributed by atoms with Gasteiger partial charge in [-0.3, -0.25) is 0 Å². The zero-order valence-corrected chi connectivity index (χ0v) is 21.4. The molecule has 2 aliphatic heterocycles. The highest BCUT2D eigenvalue weighted by Gasteiger charge is 2.30. The molecule has 3 heterocycles. The molecule has 3 aromatic rings. The molecule has 36 heavy (non-hydrogen) atoms. The van der Waals surface area contributed by atoms with Crippen LogP contribution in [0.15, 0.2) is 46.0 Å². The van der Waals surface area contributed by atoms with Gasteiger partial charge in [-0.15, -0.1) is 0 Å². The second kappa shape index (κ2) is 9.40. The summed E-state index contributed by atoms with van der Waals surface area (Å²) >= 11 is 12.3. The predicted octanol–water partition coefficient (Wildman–Crippen LogP) is 4.10. The lowest BCUT2D eigenvalue weighted by Crippen LogP contribution is -2.40. The number of aromatic nitrogens is 2. The second-order valence-corrected chi connectivity index (χ2v) is 10.9. The molecule has 13 heteroatoms. The summed E-state index contributed by atoms with van der Waals surface area (Å²) in [5.74, 6) is 1.02. The molecular weight excluding hydrogens is 529 g/mol. The summed E-state index contributed by atoms with van der Waals surface area (Å²) < 4.78 is 38.8. The highest BCUT2D eigenvalue weighted by atomic mass is 35.5. The Kier molecular flexibility index (Phi) is 6.41. The van der Waals surface area contributed by atoms with Crippen molar-refractivity contribution in [2.45, 2.75) is 18.9 Å². The summed E-state index contributed by atoms with van der Waals surface area (Å²) in [5.41, 5.74) is 0.780. The number of nitrogens with one attached hydrogen (secondary N) is 1. The van der Waals surface area contributed by atoms with E-state index < -0.39 is 15.7 Å². The Bertz CT molecular complexity index is 1580. The molecule has 0 unspecified atom stereocenters. The van der Waals surface area contributed by atoms with Crippen molar-refractivity contribution in [3.8, 4) is 17.2 Å². The molecule has 0 spiro atoms. The zero-order chi connectivity index (χ0) is 25.6. The van der Waals surface area contributed by atoms with Crippen LogP contribution in [0.2, 0.25) is 10.0 Å². The van der Waals surface area contributed by atoms with Gasteiger partial charge in [0.1, 0.15) is 11.6 Å². The number of methoxy groups -OCH3 is 1. The van der Waals surface area contributed by atoms with Gasteiger partial charge >= 0.3 is 5.69 Å². The molecule has 1 aromatic heterocycles. The number of hydrogen-bond acceptors (Lipinski definition) is 8. The molecule has 0 amide bonds. The SMILES string of the molecule is C=CS(=O)(=O)N1CCC(Oc2c(OC)cc3c4c(n(-c5ccc(Cl)c(Cl)c5)c(=O)nc24)N=CN3)CC1. The second-order valence-electron chi connectivity index (χ2n) is 8.16. The van der Waals surface area contributed by atoms with Crippen LogP contribution in [-0.4, -0.2) is 54.9 Å². The Balaban J connectivity index is 1.60. The average molecular weight is 550 g/mol. The number of rotatable bonds is 6. The van der Waals surface area contributed by atoms with Crippen molar-refractivity contribution in [1.82, 2.24) is 13.9 Å². The van der Waals surface area contributed by atoms with Gasteiger partial charge in [0.05, 0.1) is 40.3 Å². The first kappa shape index (κ1) is 24.6. The van der Waals surface area contributed by atoms with E-state index in [2.05, 4.69) is 21.9 Å². The first-order chi connectivity index (χ1) is 17.2. The summed E-state index contributed by atoms with van der Waals surface area (Å²) in [6.45, 7) is 3.95. The summed E-state index contributed by atoms with van der Waals surface area (Å²) in [6.07, 6.45) is 2.05. The number of sulfonamides is 1. The van der Waals surface area contributed by atoms with E-state index in [-0.39, 0.29) is 29.7 Å². The van der Waals surface area contributed by atoms with Crippen LogP contribution in [0.1, 0.15) is 12.8 Å². The number of piperidine rings is 1. The van der Waals surface area contributed by atoms with Gasteiger partial charge in [-0.1, -0.05) is 29.8 Å². The quantitative estimate of drug-likeness (QED) is 0.492. The van der Waals surface area contributed by atoms with Crippen LogP contribution in [0.25, 0.3) is 16.6 Å². The van der Waals surface area contributed by atoms with Gasteiger partial charge in [0.25, 0.3) is 0 Å². The molecule has 1 fully saturated rings. The van der Waals surface area contributed by atoms with Crippen molar-refractivity contribution in [2.24, 2.45) is 4.99 Å². The van der Waals surface area contributed by atoms with Gasteiger partial charge in [0.2, 0.25) is 10.0 Å². The van der Waals surface area contributed by atoms with Crippen molar-refractivity contribution < 1.29 is 17.9 Å². The first-order valence-corrected chi connectivity index (χ1v) is 13.2. The highest BCUT2D eigenvalue weighted by molar-refractivity contribution is 7.92. The molecular formula is C23H21Cl2N5O5S. The Hall–Kier alpha value is -3.12. The third-order valence-corrected chi connectivity index (χ3v) is 8.34. The molecule has 1 saturated heterocycles. The lowest BCUT2D eigenvalue weighted by atomic mass is 10.1. The van der Waals surface area contributed by atoms with Gasteiger partial charge in [-0.25, -0.2) is 22.8 Å². The standard InChI is InChI=1S/C23H21Cl2N5O5S/c1-3-36(32,33)29-8-6-14(7-9-29)35-21-18(34-2)11-17-19-20(21)28-23(31)30(22(19)27-12-26-17)13-4-5-15(24)16(25)10-13/h3-5,10-12,14H,1,6-9H2,2H3,(H,26,27). The number of aliphatic imine (C=N–C) groups is 1. The average Bonchev–Trinajstić information content (AvgIpc) is 2.87. The van der Waals surface area contributed by atoms with E-state index in [9.17, 15) is 13.2 Å². The van der Waals surface area contributed by atoms with E-state index >= 15 is 0 Å². The largest absolute Gasteiger partial charge is 0.493 e. The maximum absolute atomic E-state index is 13.3. The predicted molar refractivity (Wildman–Crippen MR) is 140 cm³/mol. The van der Waals surface area contributed by atoms with Crippen LogP contribution < -0.4 is 20.5 Å². The third-order valence-electron chi connectivity index (χ3n) is 6.10. The van der Waals surface area contributed by atoms with E-state index in [4.69, 9.17) is 32.7 Å². The lowest BCUT2D eigenvalue weighted by Gasteiger charge is -2.31. The van der Waals surface area contributed by atoms with Gasteiger partial charge in [-0.2, -0.15) is 9.29 Å². The van der Waals surface area contributed by atoms with E-state index in [0.717, 1.165) is 5.41 Å². The molecule has 2 aromatic carbocycles. The van der Waals surface area contributed by atoms with Crippen LogP contribution in [0.3, 0.4) is 0 Å². The number of anilines is 1. The molecule has 0 atom stereocenters. The summed E-state index contributed by atoms with van der Waals surface area (Å²) in [7, 11) is -2.00. The zero-order valence-electron chi connectivity index (χ0n) is 19.1. The van der Waals surface area contributed by atoms with Crippen LogP contribution in [-0.2, 0) is 10.0 Å². The fourth-order valence-corrected chi connectivity index (χ4v) is 5.53. The van der Waals surface area contributed by atoms with Gasteiger partial charge in [0.15, 0.2) is 17.3 Å². The summed E-state index contributed by atoms with van der Waals surface area (Å²) in [6, 6.07) is 6.56. The number of nitrogens with zero attached hydrogens (tertiary/aromatic N) is 4. The minimum Gasteiger partial charge on any atom is -0.493 e. The van der Waals surface area contributed by atoms with E-state index in [1.54, 1.807) is 24.3 Å². The van der Waals surface area contributed by atoms with Crippen LogP contribution in [0.4, 0.5) is 11.5 Å². The molecule has 0 bridgehead atoms. The molecule has 2 aliphatic rings. The normalized spacial score (nSPS) is 16.1. The first-order valence-electron chi connectivity index (χ1n) is 10.9. The Labute approximate surface area is 216 Å². The van der Waals surface area contributed by atoms with Crippen LogP contribution in [0, 0.1) is 0 Å². The molecule has 10 nitrogen and oxygen atoms in total. The maximum atomic E-state index is 13.3. The number of benzene rings is 2. The lowest BCUT2D eigenvalue weighted by molar-refractivity contribution is 0.133. The smallest absolute Gasteiger partial charge is 0.354 e. The van der Waals surface area contributed by atoms with E-state index in [1.807, 2.05) is 0 Å². The summed E-state index contributed by atoms with van der Waals surface area (Å²) in [5, 5.41) is 5.22. The third kappa shape index (κ3) is 4.21. The number of ether oxygens (including phenoxy) is 2. The topological polar surface area (TPSA) is 115 Å². The van der Waals surface area contributed by atoms with Crippen LogP contribution >= 0.6 is 23.2 Å². The Morgan fingerprint density at radius 1 is 1.19 bits per heavy atom. The van der Waals surface area contributed by atoms with Gasteiger partial charge in [0, 0.05) is 24.6 Å². The fourth-order valence-electron chi connectivity index (χ4n) is 4.31. The molecule has 0 saturated carbocycles. The monoisotopic (exact) mass is 549 g/mol. The van der Waals surface area contributed by atoms with Gasteiger partial charge < -0.3 is 14.8 Å². The maximum Gasteiger partial charge on any atom is 0.354 e. The Morgan fingerprint density at radius 2 is 1.94 bits per heavy atom. The molecule has 1 N–H and O–H groups in total. The molecule has 5 rings (SSSR count). The van der Waals surface area contributed by atoms with Crippen molar-refractivity contribution in [3.05, 3.63) is 56.8 Å². The van der Waals surface area contributed by atoms with Crippen molar-refractivity contribution in [1.29, 1.82) is 0 Å². The molecule has 188 valence electrons. The number of hydrogen-bond donors (Lipinski definition) is 1. The fraction of sp³-hybridized carbons (Fsp3) is 0.261.